The van der Waals surface area contributed by atoms with Crippen molar-refractivity contribution in [1.29, 1.82) is 0 Å². The van der Waals surface area contributed by atoms with Crippen LogP contribution in [0.5, 0.6) is 0 Å². The van der Waals surface area contributed by atoms with Crippen LogP contribution in [0.25, 0.3) is 21.3 Å². The molecule has 0 saturated heterocycles. The molecule has 3 nitrogen and oxygen atoms in total. The van der Waals surface area contributed by atoms with Crippen LogP contribution in [0.2, 0.25) is 0 Å². The molecular formula is C20H25N3S. The molecule has 1 aromatic carbocycles. The van der Waals surface area contributed by atoms with Crippen LogP contribution in [0.3, 0.4) is 0 Å². The Balaban J connectivity index is 1.78. The molecule has 1 atom stereocenters. The average Bonchev–Trinajstić information content (AvgIpc) is 3.26. The number of hydrogen-bond acceptors (Lipinski definition) is 3. The van der Waals surface area contributed by atoms with E-state index in [1.165, 1.54) is 64.8 Å². The molecule has 1 aliphatic rings. The summed E-state index contributed by atoms with van der Waals surface area (Å²) in [7, 11) is 0. The third-order valence-corrected chi connectivity index (χ3v) is 5.97. The second-order valence-corrected chi connectivity index (χ2v) is 7.68. The fraction of sp³-hybridized carbons (Fsp3) is 0.450. The highest BCUT2D eigenvalue weighted by atomic mass is 32.1. The lowest BCUT2D eigenvalue weighted by molar-refractivity contribution is 0.192. The molecule has 3 aromatic rings. The van der Waals surface area contributed by atoms with Crippen LogP contribution in [0.4, 0.5) is 0 Å². The lowest BCUT2D eigenvalue weighted by Crippen LogP contribution is -2.41. The largest absolute Gasteiger partial charge is 0.361 e. The van der Waals surface area contributed by atoms with E-state index in [4.69, 9.17) is 0 Å². The SMILES string of the molecule is CCCN(CCC)[C@H]1Cc2c[nH]c3ccc(-c4cncs4)c(c23)C1. The Kier molecular flexibility index (Phi) is 4.42. The summed E-state index contributed by atoms with van der Waals surface area (Å²) in [4.78, 5) is 11.8. The summed E-state index contributed by atoms with van der Waals surface area (Å²) in [5, 5.41) is 1.46. The zero-order valence-electron chi connectivity index (χ0n) is 14.5. The van der Waals surface area contributed by atoms with E-state index in [0.29, 0.717) is 6.04 Å². The Morgan fingerprint density at radius 3 is 2.75 bits per heavy atom. The molecule has 24 heavy (non-hydrogen) atoms. The Bertz CT molecular complexity index is 813. The van der Waals surface area contributed by atoms with E-state index < -0.39 is 0 Å². The first-order valence-corrected chi connectivity index (χ1v) is 9.94. The molecule has 4 heteroatoms. The second kappa shape index (κ2) is 6.69. The number of thiazole rings is 1. The van der Waals surface area contributed by atoms with Crippen molar-refractivity contribution in [2.24, 2.45) is 0 Å². The van der Waals surface area contributed by atoms with Crippen molar-refractivity contribution in [1.82, 2.24) is 14.9 Å². The van der Waals surface area contributed by atoms with E-state index in [-0.39, 0.29) is 0 Å². The maximum Gasteiger partial charge on any atom is 0.0797 e. The molecular weight excluding hydrogens is 314 g/mol. The van der Waals surface area contributed by atoms with Gasteiger partial charge in [-0.25, -0.2) is 0 Å². The van der Waals surface area contributed by atoms with Gasteiger partial charge in [0.15, 0.2) is 0 Å². The molecule has 0 aliphatic heterocycles. The first-order chi connectivity index (χ1) is 11.8. The van der Waals surface area contributed by atoms with Crippen molar-refractivity contribution in [3.8, 4) is 10.4 Å². The van der Waals surface area contributed by atoms with Crippen LogP contribution in [-0.4, -0.2) is 34.0 Å². The number of nitrogens with zero attached hydrogens (tertiary/aromatic N) is 2. The Hall–Kier alpha value is -1.65. The van der Waals surface area contributed by atoms with E-state index in [9.17, 15) is 0 Å². The highest BCUT2D eigenvalue weighted by molar-refractivity contribution is 7.13. The maximum absolute atomic E-state index is 4.30. The van der Waals surface area contributed by atoms with Gasteiger partial charge in [-0.3, -0.25) is 9.88 Å². The molecule has 2 heterocycles. The zero-order chi connectivity index (χ0) is 16.5. The number of aromatic amines is 1. The predicted molar refractivity (Wildman–Crippen MR) is 103 cm³/mol. The third-order valence-electron chi connectivity index (χ3n) is 5.17. The average molecular weight is 340 g/mol. The maximum atomic E-state index is 4.30. The summed E-state index contributed by atoms with van der Waals surface area (Å²) in [5.41, 5.74) is 7.60. The number of H-pyrrole nitrogens is 1. The van der Waals surface area contributed by atoms with Crippen molar-refractivity contribution in [3.63, 3.8) is 0 Å². The van der Waals surface area contributed by atoms with Gasteiger partial charge in [0, 0.05) is 29.3 Å². The molecule has 4 rings (SSSR count). The first-order valence-electron chi connectivity index (χ1n) is 9.06. The van der Waals surface area contributed by atoms with E-state index in [1.54, 1.807) is 11.3 Å². The smallest absolute Gasteiger partial charge is 0.0797 e. The second-order valence-electron chi connectivity index (χ2n) is 6.79. The summed E-state index contributed by atoms with van der Waals surface area (Å²) in [6, 6.07) is 5.12. The lowest BCUT2D eigenvalue weighted by Gasteiger charge is -2.34. The van der Waals surface area contributed by atoms with Gasteiger partial charge in [0.25, 0.3) is 0 Å². The van der Waals surface area contributed by atoms with Crippen LogP contribution in [0.15, 0.2) is 30.0 Å². The summed E-state index contributed by atoms with van der Waals surface area (Å²) >= 11 is 1.74. The molecule has 1 aliphatic carbocycles. The molecule has 1 N–H and O–H groups in total. The van der Waals surface area contributed by atoms with Crippen molar-refractivity contribution in [2.75, 3.05) is 13.1 Å². The molecule has 0 fully saturated rings. The van der Waals surface area contributed by atoms with Crippen LogP contribution < -0.4 is 0 Å². The Labute approximate surface area is 147 Å². The van der Waals surface area contributed by atoms with E-state index in [2.05, 4.69) is 47.0 Å². The molecule has 0 saturated carbocycles. The van der Waals surface area contributed by atoms with Crippen molar-refractivity contribution >= 4 is 22.2 Å². The minimum atomic E-state index is 0.616. The van der Waals surface area contributed by atoms with Crippen molar-refractivity contribution < 1.29 is 0 Å². The molecule has 2 aromatic heterocycles. The number of rotatable bonds is 6. The third kappa shape index (κ3) is 2.68. The van der Waals surface area contributed by atoms with Gasteiger partial charge in [0.2, 0.25) is 0 Å². The van der Waals surface area contributed by atoms with Gasteiger partial charge in [-0.1, -0.05) is 19.9 Å². The lowest BCUT2D eigenvalue weighted by atomic mass is 9.85. The van der Waals surface area contributed by atoms with Gasteiger partial charge in [-0.05, 0) is 61.5 Å². The summed E-state index contributed by atoms with van der Waals surface area (Å²) in [6.45, 7) is 6.97. The Morgan fingerprint density at radius 1 is 1.21 bits per heavy atom. The van der Waals surface area contributed by atoms with E-state index in [0.717, 1.165) is 6.42 Å². The Morgan fingerprint density at radius 2 is 2.04 bits per heavy atom. The van der Waals surface area contributed by atoms with Crippen molar-refractivity contribution in [3.05, 3.63) is 41.2 Å². The summed E-state index contributed by atoms with van der Waals surface area (Å²) in [5.74, 6) is 0. The number of aromatic nitrogens is 2. The minimum absolute atomic E-state index is 0.616. The zero-order valence-corrected chi connectivity index (χ0v) is 15.3. The normalized spacial score (nSPS) is 17.0. The first kappa shape index (κ1) is 15.9. The van der Waals surface area contributed by atoms with Crippen LogP contribution in [-0.2, 0) is 12.8 Å². The van der Waals surface area contributed by atoms with Crippen LogP contribution in [0, 0.1) is 0 Å². The summed E-state index contributed by atoms with van der Waals surface area (Å²) < 4.78 is 0. The minimum Gasteiger partial charge on any atom is -0.361 e. The van der Waals surface area contributed by atoms with Gasteiger partial charge >= 0.3 is 0 Å². The topological polar surface area (TPSA) is 31.9 Å². The number of benzene rings is 1. The number of hydrogen-bond donors (Lipinski definition) is 1. The van der Waals surface area contributed by atoms with Gasteiger partial charge in [-0.2, -0.15) is 0 Å². The molecule has 0 unspecified atom stereocenters. The van der Waals surface area contributed by atoms with Crippen LogP contribution >= 0.6 is 11.3 Å². The quantitative estimate of drug-likeness (QED) is 0.694. The molecule has 0 amide bonds. The van der Waals surface area contributed by atoms with Gasteiger partial charge in [-0.15, -0.1) is 11.3 Å². The molecule has 126 valence electrons. The van der Waals surface area contributed by atoms with Gasteiger partial charge in [0.1, 0.15) is 0 Å². The van der Waals surface area contributed by atoms with Crippen LogP contribution in [0.1, 0.15) is 37.8 Å². The highest BCUT2D eigenvalue weighted by Gasteiger charge is 2.28. The predicted octanol–water partition coefficient (Wildman–Crippen LogP) is 4.88. The summed E-state index contributed by atoms with van der Waals surface area (Å²) in [6.07, 6.45) is 9.00. The highest BCUT2D eigenvalue weighted by Crippen LogP contribution is 2.38. The molecule has 0 bridgehead atoms. The van der Waals surface area contributed by atoms with Gasteiger partial charge < -0.3 is 4.98 Å². The van der Waals surface area contributed by atoms with Crippen molar-refractivity contribution in [2.45, 2.75) is 45.6 Å². The monoisotopic (exact) mass is 339 g/mol. The number of nitrogens with one attached hydrogen (secondary N) is 1. The van der Waals surface area contributed by atoms with E-state index in [1.807, 2.05) is 11.7 Å². The van der Waals surface area contributed by atoms with Gasteiger partial charge in [0.05, 0.1) is 10.4 Å². The fourth-order valence-corrected chi connectivity index (χ4v) is 4.87. The standard InChI is InChI=1S/C20H25N3S/c1-3-7-23(8-4-2)15-9-14-11-22-18-6-5-16(17(10-15)20(14)18)19-12-21-13-24-19/h5-6,11-13,15,22H,3-4,7-10H2,1-2H3/t15-/m0/s1. The fourth-order valence-electron chi connectivity index (χ4n) is 4.20. The molecule has 0 radical (unpaired) electrons. The van der Waals surface area contributed by atoms with E-state index >= 15 is 0 Å². The molecule has 0 spiro atoms.